The van der Waals surface area contributed by atoms with Gasteiger partial charge in [-0.3, -0.25) is 0 Å². The molecule has 18 heavy (non-hydrogen) atoms. The first-order valence-electron chi connectivity index (χ1n) is 5.86. The van der Waals surface area contributed by atoms with Crippen LogP contribution in [0, 0.1) is 5.82 Å². The highest BCUT2D eigenvalue weighted by Gasteiger charge is 2.08. The van der Waals surface area contributed by atoms with Crippen LogP contribution in [-0.4, -0.2) is 0 Å². The molecule has 0 fully saturated rings. The summed E-state index contributed by atoms with van der Waals surface area (Å²) in [5.41, 5.74) is 1.62. The van der Waals surface area contributed by atoms with E-state index in [1.807, 2.05) is 37.3 Å². The maximum Gasteiger partial charge on any atom is 0.133 e. The van der Waals surface area contributed by atoms with Gasteiger partial charge in [0.25, 0.3) is 0 Å². The number of rotatable bonds is 4. The van der Waals surface area contributed by atoms with Gasteiger partial charge in [0.2, 0.25) is 0 Å². The van der Waals surface area contributed by atoms with E-state index in [0.29, 0.717) is 5.56 Å². The Bertz CT molecular complexity index is 540. The molecule has 0 aliphatic heterocycles. The van der Waals surface area contributed by atoms with Crippen LogP contribution in [0.3, 0.4) is 0 Å². The van der Waals surface area contributed by atoms with Crippen LogP contribution in [0.5, 0.6) is 5.75 Å². The standard InChI is InChI=1S/C15H14BrFO/c1-2-11-6-5-8-14(17)12(11)10-18-15-9-4-3-7-13(15)16/h3-9H,2,10H2,1H3. The second-order valence-corrected chi connectivity index (χ2v) is 4.80. The smallest absolute Gasteiger partial charge is 0.133 e. The maximum atomic E-state index is 13.7. The molecule has 0 bridgehead atoms. The predicted molar refractivity (Wildman–Crippen MR) is 74.3 cm³/mol. The lowest BCUT2D eigenvalue weighted by Crippen LogP contribution is -2.03. The summed E-state index contributed by atoms with van der Waals surface area (Å²) in [4.78, 5) is 0. The number of hydrogen-bond acceptors (Lipinski definition) is 1. The molecule has 0 N–H and O–H groups in total. The summed E-state index contributed by atoms with van der Waals surface area (Å²) in [6.45, 7) is 2.26. The van der Waals surface area contributed by atoms with Crippen LogP contribution in [0.1, 0.15) is 18.1 Å². The SMILES string of the molecule is CCc1cccc(F)c1COc1ccccc1Br. The Morgan fingerprint density at radius 3 is 2.61 bits per heavy atom. The maximum absolute atomic E-state index is 13.7. The first-order chi connectivity index (χ1) is 8.72. The molecular formula is C15H14BrFO. The number of benzene rings is 2. The molecule has 0 aliphatic carbocycles. The van der Waals surface area contributed by atoms with Crippen molar-refractivity contribution in [3.8, 4) is 5.75 Å². The topological polar surface area (TPSA) is 9.23 Å². The lowest BCUT2D eigenvalue weighted by molar-refractivity contribution is 0.296. The van der Waals surface area contributed by atoms with Crippen molar-refractivity contribution in [2.45, 2.75) is 20.0 Å². The Balaban J connectivity index is 2.18. The minimum atomic E-state index is -0.207. The monoisotopic (exact) mass is 308 g/mol. The van der Waals surface area contributed by atoms with Crippen LogP contribution in [0.2, 0.25) is 0 Å². The van der Waals surface area contributed by atoms with Gasteiger partial charge < -0.3 is 4.74 Å². The van der Waals surface area contributed by atoms with E-state index in [1.165, 1.54) is 6.07 Å². The van der Waals surface area contributed by atoms with Crippen molar-refractivity contribution < 1.29 is 9.13 Å². The highest BCUT2D eigenvalue weighted by Crippen LogP contribution is 2.25. The van der Waals surface area contributed by atoms with E-state index in [-0.39, 0.29) is 12.4 Å². The van der Waals surface area contributed by atoms with Crippen LogP contribution < -0.4 is 4.74 Å². The number of aryl methyl sites for hydroxylation is 1. The minimum Gasteiger partial charge on any atom is -0.488 e. The highest BCUT2D eigenvalue weighted by atomic mass is 79.9. The quantitative estimate of drug-likeness (QED) is 0.793. The van der Waals surface area contributed by atoms with E-state index in [1.54, 1.807) is 6.07 Å². The van der Waals surface area contributed by atoms with Crippen molar-refractivity contribution in [1.82, 2.24) is 0 Å². The summed E-state index contributed by atoms with van der Waals surface area (Å²) in [7, 11) is 0. The van der Waals surface area contributed by atoms with Gasteiger partial charge in [-0.2, -0.15) is 0 Å². The molecule has 0 unspecified atom stereocenters. The fraction of sp³-hybridized carbons (Fsp3) is 0.200. The predicted octanol–water partition coefficient (Wildman–Crippen LogP) is 4.73. The molecular weight excluding hydrogens is 295 g/mol. The van der Waals surface area contributed by atoms with Crippen molar-refractivity contribution >= 4 is 15.9 Å². The second kappa shape index (κ2) is 6.01. The Morgan fingerprint density at radius 1 is 1.11 bits per heavy atom. The average Bonchev–Trinajstić information content (AvgIpc) is 2.39. The summed E-state index contributed by atoms with van der Waals surface area (Å²) >= 11 is 3.41. The number of ether oxygens (including phenoxy) is 1. The van der Waals surface area contributed by atoms with Crippen LogP contribution in [0.4, 0.5) is 4.39 Å². The molecule has 0 atom stereocenters. The third-order valence-electron chi connectivity index (χ3n) is 2.81. The van der Waals surface area contributed by atoms with E-state index in [9.17, 15) is 4.39 Å². The lowest BCUT2D eigenvalue weighted by atomic mass is 10.1. The van der Waals surface area contributed by atoms with Crippen LogP contribution in [0.25, 0.3) is 0 Å². The highest BCUT2D eigenvalue weighted by molar-refractivity contribution is 9.10. The normalized spacial score (nSPS) is 10.4. The van der Waals surface area contributed by atoms with Gasteiger partial charge in [0.1, 0.15) is 18.2 Å². The third-order valence-corrected chi connectivity index (χ3v) is 3.46. The van der Waals surface area contributed by atoms with E-state index < -0.39 is 0 Å². The molecule has 3 heteroatoms. The zero-order valence-corrected chi connectivity index (χ0v) is 11.7. The zero-order chi connectivity index (χ0) is 13.0. The molecule has 1 nitrogen and oxygen atoms in total. The van der Waals surface area contributed by atoms with Crippen LogP contribution >= 0.6 is 15.9 Å². The van der Waals surface area contributed by atoms with Gasteiger partial charge >= 0.3 is 0 Å². The number of hydrogen-bond donors (Lipinski definition) is 0. The molecule has 0 heterocycles. The molecule has 0 aliphatic rings. The molecule has 0 saturated carbocycles. The summed E-state index contributed by atoms with van der Waals surface area (Å²) in [5.74, 6) is 0.518. The van der Waals surface area contributed by atoms with Gasteiger partial charge in [0.15, 0.2) is 0 Å². The fourth-order valence-corrected chi connectivity index (χ4v) is 2.21. The van der Waals surface area contributed by atoms with Crippen molar-refractivity contribution in [3.63, 3.8) is 0 Å². The van der Waals surface area contributed by atoms with Crippen LogP contribution in [0.15, 0.2) is 46.9 Å². The van der Waals surface area contributed by atoms with E-state index in [4.69, 9.17) is 4.74 Å². The van der Waals surface area contributed by atoms with Crippen LogP contribution in [-0.2, 0) is 13.0 Å². The minimum absolute atomic E-state index is 0.207. The van der Waals surface area contributed by atoms with E-state index in [0.717, 1.165) is 22.2 Å². The van der Waals surface area contributed by atoms with Crippen molar-refractivity contribution in [1.29, 1.82) is 0 Å². The second-order valence-electron chi connectivity index (χ2n) is 3.95. The van der Waals surface area contributed by atoms with Gasteiger partial charge in [0, 0.05) is 5.56 Å². The molecule has 0 radical (unpaired) electrons. The average molecular weight is 309 g/mol. The van der Waals surface area contributed by atoms with Gasteiger partial charge in [0.05, 0.1) is 4.47 Å². The largest absolute Gasteiger partial charge is 0.488 e. The molecule has 0 spiro atoms. The van der Waals surface area contributed by atoms with Crippen molar-refractivity contribution in [2.24, 2.45) is 0 Å². The molecule has 0 aromatic heterocycles. The van der Waals surface area contributed by atoms with Crippen molar-refractivity contribution in [2.75, 3.05) is 0 Å². The Hall–Kier alpha value is -1.35. The number of para-hydroxylation sites is 1. The summed E-state index contributed by atoms with van der Waals surface area (Å²) in [6.07, 6.45) is 0.798. The fourth-order valence-electron chi connectivity index (χ4n) is 1.81. The van der Waals surface area contributed by atoms with Gasteiger partial charge in [-0.15, -0.1) is 0 Å². The zero-order valence-electron chi connectivity index (χ0n) is 10.1. The first kappa shape index (κ1) is 13.1. The summed E-state index contributed by atoms with van der Waals surface area (Å²) in [6, 6.07) is 12.7. The Kier molecular flexibility index (Phi) is 4.37. The van der Waals surface area contributed by atoms with Gasteiger partial charge in [-0.05, 0) is 46.1 Å². The van der Waals surface area contributed by atoms with E-state index in [2.05, 4.69) is 15.9 Å². The summed E-state index contributed by atoms with van der Waals surface area (Å²) in [5, 5.41) is 0. The van der Waals surface area contributed by atoms with Gasteiger partial charge in [-0.25, -0.2) is 4.39 Å². The molecule has 2 aromatic rings. The van der Waals surface area contributed by atoms with E-state index >= 15 is 0 Å². The molecule has 2 aromatic carbocycles. The molecule has 94 valence electrons. The third kappa shape index (κ3) is 2.91. The summed E-state index contributed by atoms with van der Waals surface area (Å²) < 4.78 is 20.3. The number of halogens is 2. The molecule has 2 rings (SSSR count). The van der Waals surface area contributed by atoms with Crippen molar-refractivity contribution in [3.05, 3.63) is 63.9 Å². The Labute approximate surface area is 115 Å². The van der Waals surface area contributed by atoms with Gasteiger partial charge in [-0.1, -0.05) is 31.2 Å². The Morgan fingerprint density at radius 2 is 1.89 bits per heavy atom. The molecule has 0 amide bonds. The first-order valence-corrected chi connectivity index (χ1v) is 6.65. The molecule has 0 saturated heterocycles. The lowest BCUT2D eigenvalue weighted by Gasteiger charge is -2.12.